The van der Waals surface area contributed by atoms with Crippen molar-refractivity contribution in [3.05, 3.63) is 46.2 Å². The predicted octanol–water partition coefficient (Wildman–Crippen LogP) is 3.32. The SMILES string of the molecule is CC(C)(CO)C(=O)Nc1cnc(OCc2c(Cl)cccc2Cl)cn1. The van der Waals surface area contributed by atoms with Gasteiger partial charge in [0.1, 0.15) is 6.61 Å². The number of aliphatic hydroxyl groups excluding tert-OH is 1. The van der Waals surface area contributed by atoms with E-state index in [0.29, 0.717) is 15.6 Å². The maximum atomic E-state index is 11.9. The molecule has 0 unspecified atom stereocenters. The van der Waals surface area contributed by atoms with Crippen molar-refractivity contribution in [2.75, 3.05) is 11.9 Å². The van der Waals surface area contributed by atoms with Gasteiger partial charge >= 0.3 is 0 Å². The van der Waals surface area contributed by atoms with Gasteiger partial charge in [-0.25, -0.2) is 9.97 Å². The van der Waals surface area contributed by atoms with E-state index in [0.717, 1.165) is 0 Å². The van der Waals surface area contributed by atoms with Crippen molar-refractivity contribution in [3.8, 4) is 5.88 Å². The molecule has 0 bridgehead atoms. The van der Waals surface area contributed by atoms with Crippen molar-refractivity contribution in [2.24, 2.45) is 5.41 Å². The normalized spacial score (nSPS) is 11.2. The first kappa shape index (κ1) is 18.4. The van der Waals surface area contributed by atoms with Crippen LogP contribution in [0.2, 0.25) is 10.0 Å². The molecule has 2 aromatic rings. The smallest absolute Gasteiger partial charge is 0.233 e. The second-order valence-corrected chi connectivity index (χ2v) is 6.54. The first-order valence-electron chi connectivity index (χ1n) is 7.13. The Morgan fingerprint density at radius 2 is 1.92 bits per heavy atom. The van der Waals surface area contributed by atoms with Crippen molar-refractivity contribution in [3.63, 3.8) is 0 Å². The highest BCUT2D eigenvalue weighted by Crippen LogP contribution is 2.25. The van der Waals surface area contributed by atoms with Crippen LogP contribution < -0.4 is 10.1 Å². The van der Waals surface area contributed by atoms with Crippen LogP contribution in [0.4, 0.5) is 5.82 Å². The van der Waals surface area contributed by atoms with Gasteiger partial charge in [0.15, 0.2) is 5.82 Å². The summed E-state index contributed by atoms with van der Waals surface area (Å²) in [6.07, 6.45) is 2.75. The minimum Gasteiger partial charge on any atom is -0.472 e. The van der Waals surface area contributed by atoms with Gasteiger partial charge in [0.05, 0.1) is 24.4 Å². The first-order valence-corrected chi connectivity index (χ1v) is 7.89. The summed E-state index contributed by atoms with van der Waals surface area (Å²) in [4.78, 5) is 20.1. The Bertz CT molecular complexity index is 701. The highest BCUT2D eigenvalue weighted by atomic mass is 35.5. The zero-order valence-corrected chi connectivity index (χ0v) is 14.7. The molecule has 2 N–H and O–H groups in total. The Morgan fingerprint density at radius 3 is 2.46 bits per heavy atom. The summed E-state index contributed by atoms with van der Waals surface area (Å²) in [7, 11) is 0. The molecule has 6 nitrogen and oxygen atoms in total. The molecule has 24 heavy (non-hydrogen) atoms. The number of benzene rings is 1. The summed E-state index contributed by atoms with van der Waals surface area (Å²) in [5.74, 6) is 0.186. The van der Waals surface area contributed by atoms with Crippen LogP contribution in [0.3, 0.4) is 0 Å². The molecule has 0 radical (unpaired) electrons. The highest BCUT2D eigenvalue weighted by molar-refractivity contribution is 6.35. The Morgan fingerprint density at radius 1 is 1.25 bits per heavy atom. The van der Waals surface area contributed by atoms with Crippen LogP contribution in [0, 0.1) is 5.41 Å². The molecule has 2 rings (SSSR count). The molecule has 1 amide bonds. The first-order chi connectivity index (χ1) is 11.3. The lowest BCUT2D eigenvalue weighted by Gasteiger charge is -2.19. The summed E-state index contributed by atoms with van der Waals surface area (Å²) < 4.78 is 5.51. The van der Waals surface area contributed by atoms with Crippen molar-refractivity contribution >= 4 is 34.9 Å². The molecule has 0 saturated heterocycles. The summed E-state index contributed by atoms with van der Waals surface area (Å²) >= 11 is 12.1. The van der Waals surface area contributed by atoms with E-state index in [2.05, 4.69) is 15.3 Å². The number of carbonyl (C=O) groups is 1. The summed E-state index contributed by atoms with van der Waals surface area (Å²) in [6, 6.07) is 5.19. The molecule has 1 aromatic carbocycles. The Labute approximate surface area is 149 Å². The van der Waals surface area contributed by atoms with Gasteiger partial charge in [-0.1, -0.05) is 29.3 Å². The van der Waals surface area contributed by atoms with E-state index < -0.39 is 5.41 Å². The van der Waals surface area contributed by atoms with E-state index in [-0.39, 0.29) is 30.8 Å². The number of hydrogen-bond acceptors (Lipinski definition) is 5. The van der Waals surface area contributed by atoms with E-state index in [1.165, 1.54) is 12.4 Å². The highest BCUT2D eigenvalue weighted by Gasteiger charge is 2.27. The third kappa shape index (κ3) is 4.56. The third-order valence-corrected chi connectivity index (χ3v) is 4.01. The molecule has 0 aliphatic heterocycles. The molecule has 1 heterocycles. The Kier molecular flexibility index (Phi) is 5.99. The fourth-order valence-corrected chi connectivity index (χ4v) is 2.14. The third-order valence-electron chi connectivity index (χ3n) is 3.31. The average Bonchev–Trinajstić information content (AvgIpc) is 2.55. The number of amides is 1. The molecule has 1 aromatic heterocycles. The van der Waals surface area contributed by atoms with Crippen molar-refractivity contribution in [2.45, 2.75) is 20.5 Å². The van der Waals surface area contributed by atoms with Gasteiger partial charge in [-0.3, -0.25) is 4.79 Å². The molecule has 8 heteroatoms. The second kappa shape index (κ2) is 7.79. The molecule has 128 valence electrons. The molecular formula is C16H17Cl2N3O3. The quantitative estimate of drug-likeness (QED) is 0.815. The topological polar surface area (TPSA) is 84.3 Å². The number of anilines is 1. The van der Waals surface area contributed by atoms with E-state index in [9.17, 15) is 9.90 Å². The lowest BCUT2D eigenvalue weighted by Crippen LogP contribution is -2.34. The van der Waals surface area contributed by atoms with Gasteiger partial charge in [-0.15, -0.1) is 0 Å². The van der Waals surface area contributed by atoms with Crippen LogP contribution >= 0.6 is 23.2 Å². The van der Waals surface area contributed by atoms with Gasteiger partial charge in [0.2, 0.25) is 11.8 Å². The number of hydrogen-bond donors (Lipinski definition) is 2. The van der Waals surface area contributed by atoms with Gasteiger partial charge < -0.3 is 15.2 Å². The zero-order valence-electron chi connectivity index (χ0n) is 13.2. The number of aromatic nitrogens is 2. The van der Waals surface area contributed by atoms with Gasteiger partial charge in [-0.2, -0.15) is 0 Å². The summed E-state index contributed by atoms with van der Waals surface area (Å²) in [6.45, 7) is 3.13. The second-order valence-electron chi connectivity index (χ2n) is 5.72. The van der Waals surface area contributed by atoms with Crippen molar-refractivity contribution in [1.82, 2.24) is 9.97 Å². The van der Waals surface area contributed by atoms with Crippen LogP contribution in [-0.2, 0) is 11.4 Å². The van der Waals surface area contributed by atoms with Crippen LogP contribution in [-0.4, -0.2) is 27.6 Å². The minimum atomic E-state index is -0.905. The Hall–Kier alpha value is -1.89. The number of nitrogens with one attached hydrogen (secondary N) is 1. The average molecular weight is 370 g/mol. The van der Waals surface area contributed by atoms with E-state index in [1.807, 2.05) is 0 Å². The molecule has 0 atom stereocenters. The number of halogens is 2. The number of ether oxygens (including phenoxy) is 1. The van der Waals surface area contributed by atoms with Gasteiger partial charge in [-0.05, 0) is 26.0 Å². The van der Waals surface area contributed by atoms with Crippen molar-refractivity contribution < 1.29 is 14.6 Å². The molecule has 0 saturated carbocycles. The van der Waals surface area contributed by atoms with Crippen LogP contribution in [0.25, 0.3) is 0 Å². The van der Waals surface area contributed by atoms with E-state index >= 15 is 0 Å². The lowest BCUT2D eigenvalue weighted by atomic mass is 9.94. The molecule has 0 aliphatic carbocycles. The summed E-state index contributed by atoms with van der Waals surface area (Å²) in [5.41, 5.74) is -0.248. The van der Waals surface area contributed by atoms with Crippen molar-refractivity contribution in [1.29, 1.82) is 0 Å². The number of nitrogens with zero attached hydrogens (tertiary/aromatic N) is 2. The molecule has 0 fully saturated rings. The number of carbonyl (C=O) groups excluding carboxylic acids is 1. The Balaban J connectivity index is 1.99. The maximum absolute atomic E-state index is 11.9. The van der Waals surface area contributed by atoms with Gasteiger partial charge in [0, 0.05) is 15.6 Å². The molecular weight excluding hydrogens is 353 g/mol. The fraction of sp³-hybridized carbons (Fsp3) is 0.312. The minimum absolute atomic E-state index is 0.149. The van der Waals surface area contributed by atoms with E-state index in [4.69, 9.17) is 27.9 Å². The standard InChI is InChI=1S/C16H17Cl2N3O3/c1-16(2,9-22)15(23)21-13-6-20-14(7-19-13)24-8-10-11(17)4-3-5-12(10)18/h3-7,22H,8-9H2,1-2H3,(H,19,21,23). The lowest BCUT2D eigenvalue weighted by molar-refractivity contribution is -0.125. The zero-order chi connectivity index (χ0) is 17.7. The molecule has 0 spiro atoms. The van der Waals surface area contributed by atoms with Crippen LogP contribution in [0.1, 0.15) is 19.4 Å². The van der Waals surface area contributed by atoms with Gasteiger partial charge in [0.25, 0.3) is 0 Å². The number of rotatable bonds is 6. The van der Waals surface area contributed by atoms with Crippen LogP contribution in [0.15, 0.2) is 30.6 Å². The molecule has 0 aliphatic rings. The monoisotopic (exact) mass is 369 g/mol. The maximum Gasteiger partial charge on any atom is 0.233 e. The predicted molar refractivity (Wildman–Crippen MR) is 92.3 cm³/mol. The van der Waals surface area contributed by atoms with E-state index in [1.54, 1.807) is 32.0 Å². The largest absolute Gasteiger partial charge is 0.472 e. The summed E-state index contributed by atoms with van der Waals surface area (Å²) in [5, 5.41) is 12.8. The fourth-order valence-electron chi connectivity index (χ4n) is 1.63. The number of aliphatic hydroxyl groups is 1. The van der Waals surface area contributed by atoms with Crippen LogP contribution in [0.5, 0.6) is 5.88 Å².